The summed E-state index contributed by atoms with van der Waals surface area (Å²) in [7, 11) is 0. The van der Waals surface area contributed by atoms with E-state index in [0.29, 0.717) is 58.3 Å². The van der Waals surface area contributed by atoms with E-state index in [1.54, 1.807) is 6.07 Å². The van der Waals surface area contributed by atoms with Gasteiger partial charge in [0.1, 0.15) is 5.75 Å². The van der Waals surface area contributed by atoms with E-state index in [1.165, 1.54) is 29.2 Å². The van der Waals surface area contributed by atoms with Crippen molar-refractivity contribution in [2.45, 2.75) is 37.0 Å². The van der Waals surface area contributed by atoms with E-state index in [4.69, 9.17) is 18.9 Å². The van der Waals surface area contributed by atoms with Crippen LogP contribution >= 0.6 is 0 Å². The lowest BCUT2D eigenvalue weighted by atomic mass is 9.62. The van der Waals surface area contributed by atoms with Crippen LogP contribution in [0.5, 0.6) is 5.75 Å². The molecule has 43 heavy (non-hydrogen) atoms. The second kappa shape index (κ2) is 12.1. The van der Waals surface area contributed by atoms with Gasteiger partial charge in [-0.1, -0.05) is 48.5 Å². The highest BCUT2D eigenvalue weighted by molar-refractivity contribution is 5.88. The fourth-order valence-electron chi connectivity index (χ4n) is 6.70. The molecule has 0 bridgehead atoms. The minimum Gasteiger partial charge on any atom is -0.493 e. The van der Waals surface area contributed by atoms with Crippen LogP contribution in [0.1, 0.15) is 36.3 Å². The number of nitrogens with one attached hydrogen (secondary N) is 1. The van der Waals surface area contributed by atoms with Crippen molar-refractivity contribution in [2.75, 3.05) is 59.3 Å². The maximum Gasteiger partial charge on any atom is 0.430 e. The highest BCUT2D eigenvalue weighted by atomic mass is 19.4. The summed E-state index contributed by atoms with van der Waals surface area (Å²) in [6, 6.07) is 14.9. The predicted octanol–water partition coefficient (Wildman–Crippen LogP) is 4.04. The summed E-state index contributed by atoms with van der Waals surface area (Å²) < 4.78 is 67.4. The number of benzene rings is 2. The van der Waals surface area contributed by atoms with Gasteiger partial charge in [-0.3, -0.25) is 9.59 Å². The van der Waals surface area contributed by atoms with Crippen molar-refractivity contribution in [2.24, 2.45) is 17.3 Å². The number of halogens is 3. The number of para-hydroxylation sites is 1. The van der Waals surface area contributed by atoms with Crippen molar-refractivity contribution in [3.05, 3.63) is 65.7 Å². The van der Waals surface area contributed by atoms with Gasteiger partial charge < -0.3 is 29.2 Å². The number of likely N-dealkylation sites (tertiary alicyclic amines) is 1. The first kappa shape index (κ1) is 29.9. The third-order valence-corrected chi connectivity index (χ3v) is 9.40. The summed E-state index contributed by atoms with van der Waals surface area (Å²) in [4.78, 5) is 28.0. The number of nitrogens with zero attached hydrogens (tertiary/aromatic N) is 1. The number of hydrogen-bond acceptors (Lipinski definition) is 6. The highest BCUT2D eigenvalue weighted by Crippen LogP contribution is 2.52. The molecule has 2 aromatic rings. The van der Waals surface area contributed by atoms with E-state index >= 15 is 13.2 Å². The minimum absolute atomic E-state index is 0.0750. The highest BCUT2D eigenvalue weighted by Gasteiger charge is 2.65. The molecule has 4 heterocycles. The Hall–Kier alpha value is -3.15. The molecule has 4 saturated heterocycles. The Bertz CT molecular complexity index is 1290. The molecular formula is C32H37F3N2O6. The van der Waals surface area contributed by atoms with Crippen molar-refractivity contribution in [1.82, 2.24) is 10.2 Å². The quantitative estimate of drug-likeness (QED) is 0.467. The lowest BCUT2D eigenvalue weighted by molar-refractivity contribution is -0.285. The van der Waals surface area contributed by atoms with Gasteiger partial charge in [0.05, 0.1) is 39.6 Å². The molecule has 2 aromatic carbocycles. The SMILES string of the molecule is O=C1CC2(CCN(C(=O)[C@](OCC3COC3)(c3ccccc3)C(F)(F)F)CC2)C(c2ccccc2OCC2COC2)CN1. The van der Waals surface area contributed by atoms with Crippen LogP contribution in [0.15, 0.2) is 54.6 Å². The van der Waals surface area contributed by atoms with Crippen LogP contribution in [0.4, 0.5) is 13.2 Å². The first-order valence-electron chi connectivity index (χ1n) is 14.9. The van der Waals surface area contributed by atoms with E-state index in [2.05, 4.69) is 5.32 Å². The standard InChI is InChI=1S/C32H37F3N2O6/c33-32(34,35)31(24-6-2-1-3-7-24,43-21-23-18-41-19-23)29(39)37-12-10-30(11-13-37)14-28(38)36-15-26(30)25-8-4-5-9-27(25)42-20-22-16-40-17-22/h1-9,22-23,26H,10-21H2,(H,36,38)/t26?,31-/m1/s1. The molecule has 1 unspecified atom stereocenters. The molecule has 11 heteroatoms. The Kier molecular flexibility index (Phi) is 8.41. The van der Waals surface area contributed by atoms with Gasteiger partial charge in [0.25, 0.3) is 11.5 Å². The largest absolute Gasteiger partial charge is 0.493 e. The normalized spacial score (nSPS) is 24.0. The third-order valence-electron chi connectivity index (χ3n) is 9.40. The first-order chi connectivity index (χ1) is 20.7. The van der Waals surface area contributed by atoms with Crippen molar-refractivity contribution in [3.63, 3.8) is 0 Å². The smallest absolute Gasteiger partial charge is 0.430 e. The minimum atomic E-state index is -5.00. The summed E-state index contributed by atoms with van der Waals surface area (Å²) in [6.45, 7) is 2.74. The van der Waals surface area contributed by atoms with E-state index in [-0.39, 0.29) is 49.4 Å². The number of rotatable bonds is 9. The molecule has 6 rings (SSSR count). The molecule has 4 fully saturated rings. The maximum atomic E-state index is 15.0. The van der Waals surface area contributed by atoms with Crippen LogP contribution in [-0.2, 0) is 29.4 Å². The molecule has 2 amide bonds. The van der Waals surface area contributed by atoms with E-state index in [1.807, 2.05) is 24.3 Å². The van der Waals surface area contributed by atoms with Gasteiger partial charge >= 0.3 is 6.18 Å². The number of carbonyl (C=O) groups excluding carboxylic acids is 2. The maximum absolute atomic E-state index is 15.0. The molecule has 1 spiro atoms. The zero-order chi connectivity index (χ0) is 30.1. The summed E-state index contributed by atoms with van der Waals surface area (Å²) >= 11 is 0. The summed E-state index contributed by atoms with van der Waals surface area (Å²) in [5.74, 6) is -0.469. The molecule has 4 aliphatic rings. The van der Waals surface area contributed by atoms with Crippen LogP contribution in [0.2, 0.25) is 0 Å². The Morgan fingerprint density at radius 3 is 2.19 bits per heavy atom. The topological polar surface area (TPSA) is 86.3 Å². The number of piperidine rings is 2. The molecule has 232 valence electrons. The summed E-state index contributed by atoms with van der Waals surface area (Å²) in [5.41, 5.74) is -2.95. The van der Waals surface area contributed by atoms with Gasteiger partial charge in [-0.2, -0.15) is 13.2 Å². The lowest BCUT2D eigenvalue weighted by Gasteiger charge is -2.50. The van der Waals surface area contributed by atoms with E-state index in [9.17, 15) is 9.59 Å². The molecule has 8 nitrogen and oxygen atoms in total. The second-order valence-electron chi connectivity index (χ2n) is 12.2. The summed E-state index contributed by atoms with van der Waals surface area (Å²) in [6.07, 6.45) is -4.02. The molecule has 0 aliphatic carbocycles. The zero-order valence-corrected chi connectivity index (χ0v) is 23.9. The third kappa shape index (κ3) is 5.74. The second-order valence-corrected chi connectivity index (χ2v) is 12.2. The van der Waals surface area contributed by atoms with Crippen LogP contribution < -0.4 is 10.1 Å². The van der Waals surface area contributed by atoms with Gasteiger partial charge in [-0.15, -0.1) is 0 Å². The fourth-order valence-corrected chi connectivity index (χ4v) is 6.70. The van der Waals surface area contributed by atoms with E-state index < -0.39 is 23.1 Å². The number of ether oxygens (including phenoxy) is 4. The number of hydrogen-bond donors (Lipinski definition) is 1. The average molecular weight is 603 g/mol. The van der Waals surface area contributed by atoms with Crippen LogP contribution in [0.25, 0.3) is 0 Å². The Morgan fingerprint density at radius 1 is 0.930 bits per heavy atom. The molecular weight excluding hydrogens is 565 g/mol. The van der Waals surface area contributed by atoms with Crippen LogP contribution in [0, 0.1) is 17.3 Å². The fraction of sp³-hybridized carbons (Fsp3) is 0.562. The predicted molar refractivity (Wildman–Crippen MR) is 149 cm³/mol. The first-order valence-corrected chi connectivity index (χ1v) is 14.9. The van der Waals surface area contributed by atoms with Gasteiger partial charge in [0.15, 0.2) is 0 Å². The van der Waals surface area contributed by atoms with Crippen molar-refractivity contribution in [1.29, 1.82) is 0 Å². The molecule has 2 atom stereocenters. The van der Waals surface area contributed by atoms with E-state index in [0.717, 1.165) is 11.3 Å². The van der Waals surface area contributed by atoms with Crippen molar-refractivity contribution >= 4 is 11.8 Å². The van der Waals surface area contributed by atoms with Gasteiger partial charge in [-0.25, -0.2) is 0 Å². The lowest BCUT2D eigenvalue weighted by Crippen LogP contribution is -2.61. The molecule has 1 N–H and O–H groups in total. The number of amides is 2. The number of carbonyl (C=O) groups is 2. The van der Waals surface area contributed by atoms with Gasteiger partial charge in [0.2, 0.25) is 5.91 Å². The monoisotopic (exact) mass is 602 g/mol. The van der Waals surface area contributed by atoms with Crippen molar-refractivity contribution in [3.8, 4) is 5.75 Å². The van der Waals surface area contributed by atoms with Crippen LogP contribution in [0.3, 0.4) is 0 Å². The Labute approximate surface area is 248 Å². The zero-order valence-electron chi connectivity index (χ0n) is 23.9. The molecule has 0 aromatic heterocycles. The Balaban J connectivity index is 1.25. The molecule has 4 aliphatic heterocycles. The van der Waals surface area contributed by atoms with Crippen molar-refractivity contribution < 1.29 is 41.7 Å². The number of alkyl halides is 3. The molecule has 0 radical (unpaired) electrons. The van der Waals surface area contributed by atoms with Crippen LogP contribution in [-0.4, -0.2) is 82.2 Å². The molecule has 0 saturated carbocycles. The average Bonchev–Trinajstić information content (AvgIpc) is 2.94. The summed E-state index contributed by atoms with van der Waals surface area (Å²) in [5, 5.41) is 2.98. The van der Waals surface area contributed by atoms with Gasteiger partial charge in [0, 0.05) is 49.4 Å². The van der Waals surface area contributed by atoms with Gasteiger partial charge in [-0.05, 0) is 29.9 Å². The Morgan fingerprint density at radius 2 is 1.56 bits per heavy atom.